The Balaban J connectivity index is 2.29. The topological polar surface area (TPSA) is 92.7 Å². The van der Waals surface area contributed by atoms with Crippen LogP contribution in [0.15, 0.2) is 30.3 Å². The third-order valence-corrected chi connectivity index (χ3v) is 4.37. The van der Waals surface area contributed by atoms with Crippen LogP contribution in [-0.4, -0.2) is 52.7 Å². The highest BCUT2D eigenvalue weighted by Crippen LogP contribution is 2.40. The standard InChI is InChI=1S/C21H26O8/c1-12(29-15-8-7-13(21(23)28-6)9-16(15)24-2)19(22)14-10-17(25-3)20(27-5)18(11-14)26-4/h7-12,19,22H,1-6H3/t12-,19-/m0/s1. The van der Waals surface area contributed by atoms with Gasteiger partial charge >= 0.3 is 5.97 Å². The van der Waals surface area contributed by atoms with Crippen LogP contribution in [0, 0.1) is 0 Å². The normalized spacial score (nSPS) is 12.5. The number of carbonyl (C=O) groups excluding carboxylic acids is 1. The molecule has 0 heterocycles. The van der Waals surface area contributed by atoms with Gasteiger partial charge in [-0.25, -0.2) is 4.79 Å². The van der Waals surface area contributed by atoms with Crippen LogP contribution in [0.4, 0.5) is 0 Å². The lowest BCUT2D eigenvalue weighted by Crippen LogP contribution is -2.22. The molecule has 0 unspecified atom stereocenters. The van der Waals surface area contributed by atoms with Crippen LogP contribution in [-0.2, 0) is 4.74 Å². The van der Waals surface area contributed by atoms with E-state index in [4.69, 9.17) is 28.4 Å². The van der Waals surface area contributed by atoms with Crippen molar-refractivity contribution in [1.82, 2.24) is 0 Å². The molecule has 29 heavy (non-hydrogen) atoms. The van der Waals surface area contributed by atoms with E-state index in [1.54, 1.807) is 31.2 Å². The minimum atomic E-state index is -1.01. The first kappa shape index (κ1) is 22.2. The quantitative estimate of drug-likeness (QED) is 0.636. The molecule has 0 fully saturated rings. The summed E-state index contributed by atoms with van der Waals surface area (Å²) in [6.07, 6.45) is -1.66. The van der Waals surface area contributed by atoms with Crippen molar-refractivity contribution < 1.29 is 38.3 Å². The largest absolute Gasteiger partial charge is 0.493 e. The van der Waals surface area contributed by atoms with E-state index in [1.807, 2.05) is 0 Å². The van der Waals surface area contributed by atoms with E-state index in [1.165, 1.54) is 41.6 Å². The van der Waals surface area contributed by atoms with E-state index in [9.17, 15) is 9.90 Å². The summed E-state index contributed by atoms with van der Waals surface area (Å²) in [6, 6.07) is 7.97. The fourth-order valence-electron chi connectivity index (χ4n) is 2.82. The molecule has 1 N–H and O–H groups in total. The van der Waals surface area contributed by atoms with Crippen molar-refractivity contribution >= 4 is 5.97 Å². The zero-order valence-electron chi connectivity index (χ0n) is 17.3. The summed E-state index contributed by atoms with van der Waals surface area (Å²) in [5.41, 5.74) is 0.853. The summed E-state index contributed by atoms with van der Waals surface area (Å²) in [5.74, 6) is 1.51. The number of benzene rings is 2. The van der Waals surface area contributed by atoms with Crippen molar-refractivity contribution in [3.05, 3.63) is 41.5 Å². The predicted octanol–water partition coefficient (Wildman–Crippen LogP) is 3.01. The van der Waals surface area contributed by atoms with E-state index in [0.29, 0.717) is 39.9 Å². The Kier molecular flexibility index (Phi) is 7.55. The number of ether oxygens (including phenoxy) is 6. The average Bonchev–Trinajstić information content (AvgIpc) is 2.76. The molecular weight excluding hydrogens is 380 g/mol. The number of rotatable bonds is 9. The van der Waals surface area contributed by atoms with E-state index < -0.39 is 18.2 Å². The Morgan fingerprint density at radius 2 is 1.41 bits per heavy atom. The molecule has 0 aliphatic heterocycles. The lowest BCUT2D eigenvalue weighted by molar-refractivity contribution is 0.0447. The Morgan fingerprint density at radius 3 is 1.90 bits per heavy atom. The van der Waals surface area contributed by atoms with Crippen molar-refractivity contribution in [3.63, 3.8) is 0 Å². The van der Waals surface area contributed by atoms with Crippen LogP contribution < -0.4 is 23.7 Å². The van der Waals surface area contributed by atoms with E-state index in [2.05, 4.69) is 0 Å². The molecule has 2 aromatic rings. The predicted molar refractivity (Wildman–Crippen MR) is 105 cm³/mol. The number of carbonyl (C=O) groups is 1. The second kappa shape index (κ2) is 9.88. The zero-order chi connectivity index (χ0) is 21.6. The first-order valence-corrected chi connectivity index (χ1v) is 8.81. The first-order chi connectivity index (χ1) is 13.9. The Hall–Kier alpha value is -3.13. The van der Waals surface area contributed by atoms with Gasteiger partial charge in [-0.05, 0) is 42.8 Å². The second-order valence-corrected chi connectivity index (χ2v) is 6.08. The van der Waals surface area contributed by atoms with Gasteiger partial charge in [0.25, 0.3) is 0 Å². The summed E-state index contributed by atoms with van der Waals surface area (Å²) < 4.78 is 31.9. The Morgan fingerprint density at radius 1 is 0.828 bits per heavy atom. The maximum atomic E-state index is 11.7. The van der Waals surface area contributed by atoms with Crippen LogP contribution >= 0.6 is 0 Å². The van der Waals surface area contributed by atoms with Crippen molar-refractivity contribution in [2.45, 2.75) is 19.1 Å². The summed E-state index contributed by atoms with van der Waals surface area (Å²) in [5, 5.41) is 10.8. The highest BCUT2D eigenvalue weighted by atomic mass is 16.5. The van der Waals surface area contributed by atoms with Gasteiger partial charge in [0.05, 0.1) is 41.1 Å². The zero-order valence-corrected chi connectivity index (χ0v) is 17.3. The highest BCUT2D eigenvalue weighted by Gasteiger charge is 2.24. The molecule has 158 valence electrons. The van der Waals surface area contributed by atoms with Crippen LogP contribution in [0.5, 0.6) is 28.7 Å². The molecule has 0 spiro atoms. The highest BCUT2D eigenvalue weighted by molar-refractivity contribution is 5.90. The third-order valence-electron chi connectivity index (χ3n) is 4.37. The van der Waals surface area contributed by atoms with Crippen molar-refractivity contribution in [3.8, 4) is 28.7 Å². The SMILES string of the molecule is COC(=O)c1ccc(O[C@@H](C)[C@H](O)c2cc(OC)c(OC)c(OC)c2)c(OC)c1. The van der Waals surface area contributed by atoms with Gasteiger partial charge in [0.2, 0.25) is 5.75 Å². The summed E-state index contributed by atoms with van der Waals surface area (Å²) >= 11 is 0. The fraction of sp³-hybridized carbons (Fsp3) is 0.381. The van der Waals surface area contributed by atoms with Gasteiger partial charge in [-0.3, -0.25) is 0 Å². The molecule has 0 saturated heterocycles. The second-order valence-electron chi connectivity index (χ2n) is 6.08. The molecule has 0 bridgehead atoms. The van der Waals surface area contributed by atoms with Crippen LogP contribution in [0.1, 0.15) is 28.9 Å². The fourth-order valence-corrected chi connectivity index (χ4v) is 2.82. The monoisotopic (exact) mass is 406 g/mol. The summed E-state index contributed by atoms with van der Waals surface area (Å²) in [4.78, 5) is 11.7. The van der Waals surface area contributed by atoms with Crippen LogP contribution in [0.25, 0.3) is 0 Å². The summed E-state index contributed by atoms with van der Waals surface area (Å²) in [6.45, 7) is 1.71. The van der Waals surface area contributed by atoms with Crippen molar-refractivity contribution in [2.24, 2.45) is 0 Å². The number of aliphatic hydroxyl groups is 1. The molecule has 0 amide bonds. The maximum Gasteiger partial charge on any atom is 0.337 e. The smallest absolute Gasteiger partial charge is 0.337 e. The van der Waals surface area contributed by atoms with Crippen molar-refractivity contribution in [2.75, 3.05) is 35.5 Å². The molecule has 0 aromatic heterocycles. The lowest BCUT2D eigenvalue weighted by atomic mass is 10.0. The third kappa shape index (κ3) is 4.83. The van der Waals surface area contributed by atoms with Gasteiger partial charge in [0, 0.05) is 0 Å². The van der Waals surface area contributed by atoms with Gasteiger partial charge in [-0.15, -0.1) is 0 Å². The lowest BCUT2D eigenvalue weighted by Gasteiger charge is -2.23. The molecule has 2 aromatic carbocycles. The summed E-state index contributed by atoms with van der Waals surface area (Å²) in [7, 11) is 7.27. The molecule has 0 aliphatic rings. The molecule has 8 heteroatoms. The first-order valence-electron chi connectivity index (χ1n) is 8.81. The molecule has 0 saturated carbocycles. The maximum absolute atomic E-state index is 11.7. The number of hydrogen-bond donors (Lipinski definition) is 1. The number of hydrogen-bond acceptors (Lipinski definition) is 8. The average molecular weight is 406 g/mol. The molecule has 8 nitrogen and oxygen atoms in total. The van der Waals surface area contributed by atoms with Gasteiger partial charge in [0.1, 0.15) is 12.2 Å². The molecule has 0 aliphatic carbocycles. The minimum absolute atomic E-state index is 0.328. The molecular formula is C21H26O8. The van der Waals surface area contributed by atoms with Crippen LogP contribution in [0.3, 0.4) is 0 Å². The number of esters is 1. The molecule has 2 atom stereocenters. The Bertz CT molecular complexity index is 824. The van der Waals surface area contributed by atoms with Gasteiger partial charge < -0.3 is 33.5 Å². The van der Waals surface area contributed by atoms with Crippen molar-refractivity contribution in [1.29, 1.82) is 0 Å². The number of methoxy groups -OCH3 is 5. The van der Waals surface area contributed by atoms with E-state index in [0.717, 1.165) is 0 Å². The molecule has 2 rings (SSSR count). The minimum Gasteiger partial charge on any atom is -0.493 e. The van der Waals surface area contributed by atoms with E-state index >= 15 is 0 Å². The van der Waals surface area contributed by atoms with Gasteiger partial charge in [-0.1, -0.05) is 0 Å². The number of aliphatic hydroxyl groups excluding tert-OH is 1. The van der Waals surface area contributed by atoms with Gasteiger partial charge in [-0.2, -0.15) is 0 Å². The molecule has 0 radical (unpaired) electrons. The van der Waals surface area contributed by atoms with Gasteiger partial charge in [0.15, 0.2) is 23.0 Å². The Labute approximate surface area is 169 Å². The van der Waals surface area contributed by atoms with E-state index in [-0.39, 0.29) is 0 Å². The van der Waals surface area contributed by atoms with Crippen LogP contribution in [0.2, 0.25) is 0 Å².